The normalized spacial score (nSPS) is 10.4. The Morgan fingerprint density at radius 2 is 1.72 bits per heavy atom. The number of hydrogen-bond acceptors (Lipinski definition) is 3. The Labute approximate surface area is 103 Å². The summed E-state index contributed by atoms with van der Waals surface area (Å²) in [6, 6.07) is 3.48. The van der Waals surface area contributed by atoms with Crippen LogP contribution in [0.1, 0.15) is 21.7 Å². The van der Waals surface area contributed by atoms with Gasteiger partial charge in [0.15, 0.2) is 5.82 Å². The fraction of sp³-hybridized carbons (Fsp3) is 0.154. The molecule has 0 aliphatic carbocycles. The Morgan fingerprint density at radius 1 is 1.17 bits per heavy atom. The SMILES string of the molecule is Cc1cnc(C(=O)Cc2c(F)cccc2F)nc1. The molecule has 2 rings (SSSR count). The number of rotatable bonds is 3. The molecule has 0 saturated heterocycles. The first kappa shape index (κ1) is 12.3. The molecule has 3 nitrogen and oxygen atoms in total. The second-order valence-corrected chi connectivity index (χ2v) is 3.88. The van der Waals surface area contributed by atoms with Gasteiger partial charge >= 0.3 is 0 Å². The van der Waals surface area contributed by atoms with E-state index in [9.17, 15) is 13.6 Å². The Kier molecular flexibility index (Phi) is 3.41. The predicted molar refractivity (Wildman–Crippen MR) is 61.2 cm³/mol. The number of carbonyl (C=O) groups excluding carboxylic acids is 1. The third-order valence-corrected chi connectivity index (χ3v) is 2.43. The Bertz CT molecular complexity index is 562. The van der Waals surface area contributed by atoms with Crippen molar-refractivity contribution < 1.29 is 13.6 Å². The highest BCUT2D eigenvalue weighted by molar-refractivity contribution is 5.94. The lowest BCUT2D eigenvalue weighted by molar-refractivity contribution is 0.0980. The van der Waals surface area contributed by atoms with Crippen molar-refractivity contribution in [2.45, 2.75) is 13.3 Å². The molecular formula is C13H10F2N2O. The van der Waals surface area contributed by atoms with E-state index >= 15 is 0 Å². The predicted octanol–water partition coefficient (Wildman–Crippen LogP) is 2.49. The lowest BCUT2D eigenvalue weighted by Crippen LogP contribution is -2.11. The van der Waals surface area contributed by atoms with E-state index in [-0.39, 0.29) is 17.8 Å². The second kappa shape index (κ2) is 5.00. The van der Waals surface area contributed by atoms with Gasteiger partial charge in [0.25, 0.3) is 0 Å². The molecular weight excluding hydrogens is 238 g/mol. The molecule has 0 saturated carbocycles. The van der Waals surface area contributed by atoms with E-state index in [1.54, 1.807) is 6.92 Å². The van der Waals surface area contributed by atoms with Crippen LogP contribution in [-0.4, -0.2) is 15.8 Å². The third kappa shape index (κ3) is 2.56. The van der Waals surface area contributed by atoms with Crippen LogP contribution in [0.15, 0.2) is 30.6 Å². The first-order chi connectivity index (χ1) is 8.58. The number of aryl methyl sites for hydroxylation is 1. The van der Waals surface area contributed by atoms with Crippen LogP contribution < -0.4 is 0 Å². The van der Waals surface area contributed by atoms with Crippen LogP contribution in [0.4, 0.5) is 8.78 Å². The summed E-state index contributed by atoms with van der Waals surface area (Å²) in [6.07, 6.45) is 2.58. The highest BCUT2D eigenvalue weighted by Crippen LogP contribution is 2.14. The topological polar surface area (TPSA) is 42.9 Å². The molecule has 1 aromatic heterocycles. The Balaban J connectivity index is 2.24. The minimum absolute atomic E-state index is 0.0387. The van der Waals surface area contributed by atoms with Gasteiger partial charge in [0, 0.05) is 24.4 Å². The molecule has 1 heterocycles. The van der Waals surface area contributed by atoms with Crippen LogP contribution in [-0.2, 0) is 6.42 Å². The van der Waals surface area contributed by atoms with Gasteiger partial charge in [-0.15, -0.1) is 0 Å². The van der Waals surface area contributed by atoms with Crippen LogP contribution >= 0.6 is 0 Å². The molecule has 5 heteroatoms. The number of nitrogens with zero attached hydrogens (tertiary/aromatic N) is 2. The molecule has 0 aliphatic rings. The lowest BCUT2D eigenvalue weighted by atomic mass is 10.1. The van der Waals surface area contributed by atoms with Gasteiger partial charge in [0.05, 0.1) is 0 Å². The van der Waals surface area contributed by atoms with Crippen LogP contribution in [0.25, 0.3) is 0 Å². The molecule has 0 N–H and O–H groups in total. The Morgan fingerprint density at radius 3 is 2.28 bits per heavy atom. The summed E-state index contributed by atoms with van der Waals surface area (Å²) in [6.45, 7) is 1.78. The molecule has 0 radical (unpaired) electrons. The van der Waals surface area contributed by atoms with Crippen molar-refractivity contribution in [2.75, 3.05) is 0 Å². The van der Waals surface area contributed by atoms with Crippen molar-refractivity contribution in [2.24, 2.45) is 0 Å². The minimum Gasteiger partial charge on any atom is -0.290 e. The first-order valence-corrected chi connectivity index (χ1v) is 5.32. The van der Waals surface area contributed by atoms with Crippen molar-refractivity contribution in [1.29, 1.82) is 0 Å². The fourth-order valence-electron chi connectivity index (χ4n) is 1.48. The fourth-order valence-corrected chi connectivity index (χ4v) is 1.48. The maximum absolute atomic E-state index is 13.4. The highest BCUT2D eigenvalue weighted by atomic mass is 19.1. The van der Waals surface area contributed by atoms with Crippen LogP contribution in [0, 0.1) is 18.6 Å². The summed E-state index contributed by atoms with van der Waals surface area (Å²) in [7, 11) is 0. The average molecular weight is 248 g/mol. The van der Waals surface area contributed by atoms with E-state index in [0.717, 1.165) is 17.7 Å². The molecule has 1 aromatic carbocycles. The summed E-state index contributed by atoms with van der Waals surface area (Å²) in [5.41, 5.74) is 0.551. The summed E-state index contributed by atoms with van der Waals surface area (Å²) >= 11 is 0. The molecule has 0 aliphatic heterocycles. The second-order valence-electron chi connectivity index (χ2n) is 3.88. The summed E-state index contributed by atoms with van der Waals surface area (Å²) < 4.78 is 26.7. The van der Waals surface area contributed by atoms with E-state index in [1.807, 2.05) is 0 Å². The average Bonchev–Trinajstić information content (AvgIpc) is 2.34. The molecule has 18 heavy (non-hydrogen) atoms. The van der Waals surface area contributed by atoms with Crippen molar-refractivity contribution in [3.05, 3.63) is 59.2 Å². The summed E-state index contributed by atoms with van der Waals surface area (Å²) in [4.78, 5) is 19.4. The number of ketones is 1. The van der Waals surface area contributed by atoms with E-state index in [0.29, 0.717) is 0 Å². The molecule has 92 valence electrons. The monoisotopic (exact) mass is 248 g/mol. The maximum atomic E-state index is 13.4. The molecule has 0 amide bonds. The summed E-state index contributed by atoms with van der Waals surface area (Å²) in [5, 5.41) is 0. The maximum Gasteiger partial charge on any atom is 0.204 e. The standard InChI is InChI=1S/C13H10F2N2O/c1-8-6-16-13(17-7-8)12(18)5-9-10(14)3-2-4-11(9)15/h2-4,6-7H,5H2,1H3. The van der Waals surface area contributed by atoms with E-state index < -0.39 is 17.4 Å². The zero-order valence-corrected chi connectivity index (χ0v) is 9.65. The minimum atomic E-state index is -0.740. The van der Waals surface area contributed by atoms with Crippen LogP contribution in [0.5, 0.6) is 0 Å². The number of hydrogen-bond donors (Lipinski definition) is 0. The molecule has 0 bridgehead atoms. The van der Waals surface area contributed by atoms with Crippen molar-refractivity contribution in [1.82, 2.24) is 9.97 Å². The lowest BCUT2D eigenvalue weighted by Gasteiger charge is -2.03. The van der Waals surface area contributed by atoms with Crippen LogP contribution in [0.2, 0.25) is 0 Å². The van der Waals surface area contributed by atoms with Gasteiger partial charge in [-0.3, -0.25) is 4.79 Å². The number of aromatic nitrogens is 2. The quantitative estimate of drug-likeness (QED) is 0.784. The van der Waals surface area contributed by atoms with Crippen molar-refractivity contribution in [3.8, 4) is 0 Å². The van der Waals surface area contributed by atoms with E-state index in [1.165, 1.54) is 18.5 Å². The smallest absolute Gasteiger partial charge is 0.204 e. The summed E-state index contributed by atoms with van der Waals surface area (Å²) in [5.74, 6) is -2.03. The van der Waals surface area contributed by atoms with Gasteiger partial charge in [-0.25, -0.2) is 18.7 Å². The van der Waals surface area contributed by atoms with Gasteiger partial charge in [-0.2, -0.15) is 0 Å². The zero-order valence-electron chi connectivity index (χ0n) is 9.65. The van der Waals surface area contributed by atoms with Gasteiger partial charge in [0.1, 0.15) is 11.6 Å². The largest absolute Gasteiger partial charge is 0.290 e. The van der Waals surface area contributed by atoms with E-state index in [2.05, 4.69) is 9.97 Å². The number of halogens is 2. The molecule has 0 unspecified atom stereocenters. The zero-order chi connectivity index (χ0) is 13.1. The number of benzene rings is 1. The van der Waals surface area contributed by atoms with Crippen molar-refractivity contribution in [3.63, 3.8) is 0 Å². The van der Waals surface area contributed by atoms with Gasteiger partial charge in [-0.05, 0) is 24.6 Å². The Hall–Kier alpha value is -2.17. The molecule has 0 fully saturated rings. The van der Waals surface area contributed by atoms with Crippen LogP contribution in [0.3, 0.4) is 0 Å². The van der Waals surface area contributed by atoms with Crippen molar-refractivity contribution >= 4 is 5.78 Å². The third-order valence-electron chi connectivity index (χ3n) is 2.43. The molecule has 2 aromatic rings. The number of carbonyl (C=O) groups is 1. The van der Waals surface area contributed by atoms with Gasteiger partial charge in [0.2, 0.25) is 5.78 Å². The number of Topliss-reactive ketones (excluding diaryl/α,β-unsaturated/α-hetero) is 1. The first-order valence-electron chi connectivity index (χ1n) is 5.32. The van der Waals surface area contributed by atoms with Gasteiger partial charge < -0.3 is 0 Å². The highest BCUT2D eigenvalue weighted by Gasteiger charge is 2.16. The van der Waals surface area contributed by atoms with Gasteiger partial charge in [-0.1, -0.05) is 6.07 Å². The van der Waals surface area contributed by atoms with E-state index in [4.69, 9.17) is 0 Å². The molecule has 0 spiro atoms. The molecule has 0 atom stereocenters.